The van der Waals surface area contributed by atoms with Crippen LogP contribution >= 0.6 is 0 Å². The highest BCUT2D eigenvalue weighted by Crippen LogP contribution is 2.21. The molecule has 156 valence electrons. The third-order valence-corrected chi connectivity index (χ3v) is 6.98. The molecule has 2 heterocycles. The predicted molar refractivity (Wildman–Crippen MR) is 122 cm³/mol. The number of aromatic nitrogens is 1. The van der Waals surface area contributed by atoms with Gasteiger partial charge >= 0.3 is 0 Å². The van der Waals surface area contributed by atoms with Gasteiger partial charge in [-0.1, -0.05) is 60.7 Å². The molecule has 0 spiro atoms. The monoisotopic (exact) mass is 421 g/mol. The van der Waals surface area contributed by atoms with Crippen molar-refractivity contribution in [2.75, 3.05) is 26.2 Å². The van der Waals surface area contributed by atoms with Crippen molar-refractivity contribution in [2.45, 2.75) is 17.7 Å². The van der Waals surface area contributed by atoms with Gasteiger partial charge in [0.25, 0.3) is 0 Å². The molecule has 1 unspecified atom stereocenters. The van der Waals surface area contributed by atoms with Crippen molar-refractivity contribution < 1.29 is 8.42 Å². The Kier molecular flexibility index (Phi) is 6.57. The van der Waals surface area contributed by atoms with E-state index in [1.165, 1.54) is 5.56 Å². The molecule has 0 aliphatic carbocycles. The van der Waals surface area contributed by atoms with Crippen LogP contribution in [0.4, 0.5) is 0 Å². The smallest absolute Gasteiger partial charge is 0.242 e. The van der Waals surface area contributed by atoms with Gasteiger partial charge in [-0.15, -0.1) is 0 Å². The first-order valence-electron chi connectivity index (χ1n) is 10.4. The number of likely N-dealkylation sites (tertiary alicyclic amines) is 1. The molecule has 0 amide bonds. The number of rotatable bonds is 7. The number of pyridine rings is 1. The maximum atomic E-state index is 12.9. The Morgan fingerprint density at radius 2 is 1.90 bits per heavy atom. The normalized spacial score (nSPS) is 18.2. The van der Waals surface area contributed by atoms with Crippen LogP contribution < -0.4 is 4.72 Å². The summed E-state index contributed by atoms with van der Waals surface area (Å²) in [4.78, 5) is 6.92. The van der Waals surface area contributed by atoms with Crippen molar-refractivity contribution in [1.29, 1.82) is 0 Å². The zero-order valence-corrected chi connectivity index (χ0v) is 17.8. The second kappa shape index (κ2) is 9.51. The number of hydrogen-bond acceptors (Lipinski definition) is 4. The fourth-order valence-corrected chi connectivity index (χ4v) is 5.28. The third kappa shape index (κ3) is 5.14. The lowest BCUT2D eigenvalue weighted by Gasteiger charge is -2.32. The minimum atomic E-state index is -3.60. The van der Waals surface area contributed by atoms with Gasteiger partial charge in [0.05, 0.1) is 5.52 Å². The summed E-state index contributed by atoms with van der Waals surface area (Å²) < 4.78 is 28.7. The molecule has 1 N–H and O–H groups in total. The van der Waals surface area contributed by atoms with E-state index in [-0.39, 0.29) is 4.90 Å². The van der Waals surface area contributed by atoms with Crippen molar-refractivity contribution >= 4 is 27.0 Å². The number of hydrogen-bond donors (Lipinski definition) is 1. The molecule has 1 saturated heterocycles. The number of sulfonamides is 1. The molecule has 1 fully saturated rings. The molecule has 6 heteroatoms. The highest BCUT2D eigenvalue weighted by molar-refractivity contribution is 7.89. The van der Waals surface area contributed by atoms with Gasteiger partial charge in [0.15, 0.2) is 0 Å². The van der Waals surface area contributed by atoms with Crippen LogP contribution in [0.1, 0.15) is 18.4 Å². The molecule has 0 bridgehead atoms. The number of para-hydroxylation sites is 1. The van der Waals surface area contributed by atoms with Crippen LogP contribution in [0.15, 0.2) is 77.8 Å². The first-order chi connectivity index (χ1) is 14.6. The van der Waals surface area contributed by atoms with Gasteiger partial charge in [-0.25, -0.2) is 13.1 Å². The topological polar surface area (TPSA) is 62.3 Å². The molecule has 1 atom stereocenters. The molecule has 30 heavy (non-hydrogen) atoms. The minimum Gasteiger partial charge on any atom is -0.299 e. The van der Waals surface area contributed by atoms with Gasteiger partial charge < -0.3 is 0 Å². The van der Waals surface area contributed by atoms with Gasteiger partial charge in [0.1, 0.15) is 4.90 Å². The summed E-state index contributed by atoms with van der Waals surface area (Å²) in [7, 11) is -3.60. The Balaban J connectivity index is 1.35. The number of piperidine rings is 1. The summed E-state index contributed by atoms with van der Waals surface area (Å²) in [6.45, 7) is 3.28. The van der Waals surface area contributed by atoms with Crippen LogP contribution in [0, 0.1) is 5.92 Å². The number of nitrogens with zero attached hydrogens (tertiary/aromatic N) is 2. The van der Waals surface area contributed by atoms with E-state index in [4.69, 9.17) is 0 Å². The van der Waals surface area contributed by atoms with Crippen molar-refractivity contribution in [3.8, 4) is 0 Å². The van der Waals surface area contributed by atoms with E-state index in [1.807, 2.05) is 36.4 Å². The molecule has 1 aromatic heterocycles. The van der Waals surface area contributed by atoms with Crippen LogP contribution in [0.25, 0.3) is 17.0 Å². The summed E-state index contributed by atoms with van der Waals surface area (Å²) in [5.74, 6) is 0.307. The second-order valence-electron chi connectivity index (χ2n) is 7.76. The summed E-state index contributed by atoms with van der Waals surface area (Å²) >= 11 is 0. The number of fused-ring (bicyclic) bond motifs is 1. The summed E-state index contributed by atoms with van der Waals surface area (Å²) in [5, 5.41) is 0.828. The van der Waals surface area contributed by atoms with Gasteiger partial charge in [0, 0.05) is 31.2 Å². The van der Waals surface area contributed by atoms with E-state index in [1.54, 1.807) is 18.3 Å². The van der Waals surface area contributed by atoms with Gasteiger partial charge in [-0.2, -0.15) is 0 Å². The van der Waals surface area contributed by atoms with Crippen LogP contribution in [0.2, 0.25) is 0 Å². The van der Waals surface area contributed by atoms with Crippen LogP contribution in [-0.4, -0.2) is 44.5 Å². The van der Waals surface area contributed by atoms with Gasteiger partial charge in [-0.05, 0) is 43.0 Å². The minimum absolute atomic E-state index is 0.249. The molecular formula is C24H27N3O2S. The lowest BCUT2D eigenvalue weighted by molar-refractivity contribution is 0.192. The first kappa shape index (κ1) is 20.7. The Morgan fingerprint density at radius 3 is 2.77 bits per heavy atom. The molecule has 3 aromatic rings. The zero-order valence-electron chi connectivity index (χ0n) is 16.9. The molecule has 0 saturated carbocycles. The van der Waals surface area contributed by atoms with E-state index in [2.05, 4.69) is 38.9 Å². The Morgan fingerprint density at radius 1 is 1.07 bits per heavy atom. The SMILES string of the molecule is O=S(=O)(NCC1CCCN(CC=Cc2ccccc2)C1)c1cccc2cccnc12. The zero-order chi connectivity index (χ0) is 20.8. The lowest BCUT2D eigenvalue weighted by Crippen LogP contribution is -2.41. The van der Waals surface area contributed by atoms with Crippen molar-refractivity contribution in [3.63, 3.8) is 0 Å². The molecule has 4 rings (SSSR count). The van der Waals surface area contributed by atoms with Gasteiger partial charge in [-0.3, -0.25) is 9.88 Å². The van der Waals surface area contributed by atoms with Crippen molar-refractivity contribution in [2.24, 2.45) is 5.92 Å². The highest BCUT2D eigenvalue weighted by atomic mass is 32.2. The van der Waals surface area contributed by atoms with E-state index in [0.29, 0.717) is 18.0 Å². The maximum Gasteiger partial charge on any atom is 0.242 e. The van der Waals surface area contributed by atoms with Crippen LogP contribution in [0.3, 0.4) is 0 Å². The fraction of sp³-hybridized carbons (Fsp3) is 0.292. The Bertz CT molecular complexity index is 1110. The quantitative estimate of drug-likeness (QED) is 0.628. The van der Waals surface area contributed by atoms with Crippen LogP contribution in [0.5, 0.6) is 0 Å². The number of benzene rings is 2. The average Bonchev–Trinajstić information content (AvgIpc) is 2.78. The van der Waals surface area contributed by atoms with E-state index >= 15 is 0 Å². The van der Waals surface area contributed by atoms with E-state index in [9.17, 15) is 8.42 Å². The highest BCUT2D eigenvalue weighted by Gasteiger charge is 2.23. The second-order valence-corrected chi connectivity index (χ2v) is 9.50. The maximum absolute atomic E-state index is 12.9. The average molecular weight is 422 g/mol. The summed E-state index contributed by atoms with van der Waals surface area (Å²) in [6, 6.07) is 19.2. The molecular weight excluding hydrogens is 394 g/mol. The Labute approximate surface area is 178 Å². The first-order valence-corrected chi connectivity index (χ1v) is 11.9. The molecule has 0 radical (unpaired) electrons. The standard InChI is InChI=1S/C24H27N3O2S/c28-30(29,23-14-4-12-22-13-5-15-25-24(22)23)26-18-21-11-7-17-27(19-21)16-6-10-20-8-2-1-3-9-20/h1-6,8-10,12-15,21,26H,7,11,16-19H2. The summed E-state index contributed by atoms with van der Waals surface area (Å²) in [5.41, 5.74) is 1.71. The summed E-state index contributed by atoms with van der Waals surface area (Å²) in [6.07, 6.45) is 8.07. The predicted octanol–water partition coefficient (Wildman–Crippen LogP) is 3.94. The van der Waals surface area contributed by atoms with Crippen LogP contribution in [-0.2, 0) is 10.0 Å². The largest absolute Gasteiger partial charge is 0.299 e. The number of nitrogens with one attached hydrogen (secondary N) is 1. The van der Waals surface area contributed by atoms with Gasteiger partial charge in [0.2, 0.25) is 10.0 Å². The Hall–Kier alpha value is -2.54. The van der Waals surface area contributed by atoms with Crippen molar-refractivity contribution in [3.05, 3.63) is 78.5 Å². The fourth-order valence-electron chi connectivity index (χ4n) is 3.98. The molecule has 1 aliphatic rings. The van der Waals surface area contributed by atoms with E-state index < -0.39 is 10.0 Å². The molecule has 1 aliphatic heterocycles. The lowest BCUT2D eigenvalue weighted by atomic mass is 9.98. The van der Waals surface area contributed by atoms with Crippen molar-refractivity contribution in [1.82, 2.24) is 14.6 Å². The third-order valence-electron chi connectivity index (χ3n) is 5.52. The molecule has 5 nitrogen and oxygen atoms in total. The molecule has 2 aromatic carbocycles. The van der Waals surface area contributed by atoms with E-state index in [0.717, 1.165) is 37.9 Å².